The van der Waals surface area contributed by atoms with Crippen LogP contribution in [0, 0.1) is 13.8 Å². The van der Waals surface area contributed by atoms with Crippen LogP contribution in [0.1, 0.15) is 16.7 Å². The number of nitrogens with two attached hydrogens (primary N) is 1. The molecule has 0 aliphatic carbocycles. The summed E-state index contributed by atoms with van der Waals surface area (Å²) in [5.41, 5.74) is 9.03. The number of rotatable bonds is 4. The summed E-state index contributed by atoms with van der Waals surface area (Å²) in [6.45, 7) is 4.21. The van der Waals surface area contributed by atoms with Gasteiger partial charge >= 0.3 is 0 Å². The third kappa shape index (κ3) is 3.64. The van der Waals surface area contributed by atoms with Gasteiger partial charge in [-0.3, -0.25) is 4.72 Å². The van der Waals surface area contributed by atoms with Crippen LogP contribution in [-0.2, 0) is 16.6 Å². The van der Waals surface area contributed by atoms with Gasteiger partial charge in [-0.15, -0.1) is 0 Å². The summed E-state index contributed by atoms with van der Waals surface area (Å²) in [4.78, 5) is 0.184. The first-order chi connectivity index (χ1) is 9.83. The minimum Gasteiger partial charge on any atom is -0.326 e. The SMILES string of the molecule is Cc1ccc(NS(=O)(=O)c2cc(CN)ccc2Br)cc1C. The number of aryl methyl sites for hydroxylation is 2. The molecular weight excluding hydrogens is 352 g/mol. The fourth-order valence-electron chi connectivity index (χ4n) is 1.90. The molecule has 0 fully saturated rings. The lowest BCUT2D eigenvalue weighted by Crippen LogP contribution is -2.14. The standard InChI is InChI=1S/C15H17BrN2O2S/c1-10-3-5-13(7-11(10)2)18-21(19,20)15-8-12(9-17)4-6-14(15)16/h3-8,18H,9,17H2,1-2H3. The summed E-state index contributed by atoms with van der Waals surface area (Å²) in [6, 6.07) is 10.5. The van der Waals surface area contributed by atoms with Crippen molar-refractivity contribution < 1.29 is 8.42 Å². The highest BCUT2D eigenvalue weighted by atomic mass is 79.9. The minimum atomic E-state index is -3.66. The van der Waals surface area contributed by atoms with Crippen molar-refractivity contribution in [3.8, 4) is 0 Å². The summed E-state index contributed by atoms with van der Waals surface area (Å²) in [5, 5.41) is 0. The second-order valence-corrected chi connectivity index (χ2v) is 7.38. The van der Waals surface area contributed by atoms with Crippen LogP contribution in [0.4, 0.5) is 5.69 Å². The molecule has 0 saturated carbocycles. The highest BCUT2D eigenvalue weighted by Crippen LogP contribution is 2.26. The molecule has 0 bridgehead atoms. The van der Waals surface area contributed by atoms with E-state index in [1.165, 1.54) is 0 Å². The Hall–Kier alpha value is -1.37. The molecule has 21 heavy (non-hydrogen) atoms. The molecule has 0 atom stereocenters. The van der Waals surface area contributed by atoms with E-state index in [1.54, 1.807) is 24.3 Å². The van der Waals surface area contributed by atoms with Crippen LogP contribution < -0.4 is 10.5 Å². The molecule has 3 N–H and O–H groups in total. The lowest BCUT2D eigenvalue weighted by atomic mass is 10.1. The molecule has 6 heteroatoms. The minimum absolute atomic E-state index is 0.184. The predicted molar refractivity (Wildman–Crippen MR) is 88.8 cm³/mol. The lowest BCUT2D eigenvalue weighted by Gasteiger charge is -2.12. The third-order valence-electron chi connectivity index (χ3n) is 3.28. The van der Waals surface area contributed by atoms with Gasteiger partial charge in [0.25, 0.3) is 10.0 Å². The van der Waals surface area contributed by atoms with Crippen LogP contribution in [0.15, 0.2) is 45.8 Å². The van der Waals surface area contributed by atoms with Gasteiger partial charge in [-0.2, -0.15) is 0 Å². The van der Waals surface area contributed by atoms with Crippen molar-refractivity contribution in [2.45, 2.75) is 25.3 Å². The lowest BCUT2D eigenvalue weighted by molar-refractivity contribution is 0.600. The normalized spacial score (nSPS) is 11.4. The second kappa shape index (κ2) is 6.17. The van der Waals surface area contributed by atoms with Gasteiger partial charge in [0.1, 0.15) is 4.90 Å². The number of hydrogen-bond acceptors (Lipinski definition) is 3. The molecule has 4 nitrogen and oxygen atoms in total. The molecule has 0 aliphatic rings. The molecule has 0 aromatic heterocycles. The van der Waals surface area contributed by atoms with Crippen LogP contribution in [-0.4, -0.2) is 8.42 Å². The molecule has 112 valence electrons. The fraction of sp³-hybridized carbons (Fsp3) is 0.200. The Morgan fingerprint density at radius 2 is 1.81 bits per heavy atom. The summed E-state index contributed by atoms with van der Waals surface area (Å²) < 4.78 is 28.1. The van der Waals surface area contributed by atoms with Crippen LogP contribution >= 0.6 is 15.9 Å². The average molecular weight is 369 g/mol. The Bertz CT molecular complexity index is 773. The molecule has 0 amide bonds. The molecule has 0 unspecified atom stereocenters. The Labute approximate surface area is 133 Å². The van der Waals surface area contributed by atoms with Gasteiger partial charge in [0, 0.05) is 16.7 Å². The van der Waals surface area contributed by atoms with Crippen LogP contribution in [0.25, 0.3) is 0 Å². The van der Waals surface area contributed by atoms with E-state index in [9.17, 15) is 8.42 Å². The van der Waals surface area contributed by atoms with E-state index in [4.69, 9.17) is 5.73 Å². The van der Waals surface area contributed by atoms with Gasteiger partial charge in [-0.1, -0.05) is 12.1 Å². The van der Waals surface area contributed by atoms with Gasteiger partial charge < -0.3 is 5.73 Å². The van der Waals surface area contributed by atoms with Crippen molar-refractivity contribution in [3.63, 3.8) is 0 Å². The number of nitrogens with one attached hydrogen (secondary N) is 1. The van der Waals surface area contributed by atoms with Gasteiger partial charge in [0.15, 0.2) is 0 Å². The summed E-state index contributed by atoms with van der Waals surface area (Å²) in [7, 11) is -3.66. The Morgan fingerprint density at radius 1 is 1.10 bits per heavy atom. The first-order valence-corrected chi connectivity index (χ1v) is 8.69. The van der Waals surface area contributed by atoms with Gasteiger partial charge in [-0.05, 0) is 70.7 Å². The number of hydrogen-bond donors (Lipinski definition) is 2. The molecule has 2 rings (SSSR count). The van der Waals surface area contributed by atoms with E-state index >= 15 is 0 Å². The zero-order valence-electron chi connectivity index (χ0n) is 11.9. The number of benzene rings is 2. The van der Waals surface area contributed by atoms with Crippen molar-refractivity contribution in [1.82, 2.24) is 0 Å². The predicted octanol–water partition coefficient (Wildman–Crippen LogP) is 3.33. The van der Waals surface area contributed by atoms with Crippen molar-refractivity contribution in [1.29, 1.82) is 0 Å². The van der Waals surface area contributed by atoms with Crippen LogP contribution in [0.5, 0.6) is 0 Å². The zero-order valence-corrected chi connectivity index (χ0v) is 14.3. The average Bonchev–Trinajstić information content (AvgIpc) is 2.43. The van der Waals surface area contributed by atoms with Gasteiger partial charge in [-0.25, -0.2) is 8.42 Å². The zero-order chi connectivity index (χ0) is 15.6. The molecule has 2 aromatic carbocycles. The van der Waals surface area contributed by atoms with E-state index in [2.05, 4.69) is 20.7 Å². The summed E-state index contributed by atoms with van der Waals surface area (Å²) >= 11 is 3.27. The van der Waals surface area contributed by atoms with Crippen molar-refractivity contribution in [2.24, 2.45) is 5.73 Å². The van der Waals surface area contributed by atoms with E-state index in [1.807, 2.05) is 26.0 Å². The summed E-state index contributed by atoms with van der Waals surface area (Å²) in [5.74, 6) is 0. The molecular formula is C15H17BrN2O2S. The Balaban J connectivity index is 2.40. The van der Waals surface area contributed by atoms with Crippen LogP contribution in [0.3, 0.4) is 0 Å². The Morgan fingerprint density at radius 3 is 2.43 bits per heavy atom. The number of halogens is 1. The van der Waals surface area contributed by atoms with Crippen molar-refractivity contribution in [3.05, 3.63) is 57.6 Å². The smallest absolute Gasteiger partial charge is 0.263 e. The van der Waals surface area contributed by atoms with E-state index < -0.39 is 10.0 Å². The molecule has 0 heterocycles. The Kier molecular flexibility index (Phi) is 4.70. The summed E-state index contributed by atoms with van der Waals surface area (Å²) in [6.07, 6.45) is 0. The van der Waals surface area contributed by atoms with Gasteiger partial charge in [0.05, 0.1) is 0 Å². The molecule has 0 aliphatic heterocycles. The van der Waals surface area contributed by atoms with E-state index in [0.29, 0.717) is 16.7 Å². The maximum Gasteiger partial charge on any atom is 0.263 e. The van der Waals surface area contributed by atoms with Gasteiger partial charge in [0.2, 0.25) is 0 Å². The topological polar surface area (TPSA) is 72.2 Å². The first-order valence-electron chi connectivity index (χ1n) is 6.42. The largest absolute Gasteiger partial charge is 0.326 e. The number of sulfonamides is 1. The molecule has 0 saturated heterocycles. The fourth-order valence-corrected chi connectivity index (χ4v) is 3.96. The van der Waals surface area contributed by atoms with Crippen LogP contribution in [0.2, 0.25) is 0 Å². The van der Waals surface area contributed by atoms with Crippen molar-refractivity contribution >= 4 is 31.6 Å². The second-order valence-electron chi connectivity index (χ2n) is 4.87. The maximum absolute atomic E-state index is 12.5. The molecule has 0 spiro atoms. The number of anilines is 1. The van der Waals surface area contributed by atoms with E-state index in [-0.39, 0.29) is 4.90 Å². The highest BCUT2D eigenvalue weighted by molar-refractivity contribution is 9.10. The molecule has 2 aromatic rings. The maximum atomic E-state index is 12.5. The molecule has 0 radical (unpaired) electrons. The van der Waals surface area contributed by atoms with Crippen molar-refractivity contribution in [2.75, 3.05) is 4.72 Å². The highest BCUT2D eigenvalue weighted by Gasteiger charge is 2.18. The third-order valence-corrected chi connectivity index (χ3v) is 5.66. The monoisotopic (exact) mass is 368 g/mol. The van der Waals surface area contributed by atoms with E-state index in [0.717, 1.165) is 16.7 Å². The quantitative estimate of drug-likeness (QED) is 0.869. The first kappa shape index (κ1) is 16.0.